The Hall–Kier alpha value is -2.61. The predicted molar refractivity (Wildman–Crippen MR) is 97.0 cm³/mol. The molecule has 1 aliphatic heterocycles. The Labute approximate surface area is 154 Å². The Morgan fingerprint density at radius 3 is 2.23 bits per heavy atom. The van der Waals surface area contributed by atoms with Gasteiger partial charge in [-0.15, -0.1) is 10.2 Å². The van der Waals surface area contributed by atoms with Crippen molar-refractivity contribution in [3.8, 4) is 0 Å². The van der Waals surface area contributed by atoms with Crippen LogP contribution in [0.15, 0.2) is 24.3 Å². The molecule has 7 nitrogen and oxygen atoms in total. The minimum Gasteiger partial charge on any atom is -0.296 e. The number of rotatable bonds is 3. The Kier molecular flexibility index (Phi) is 4.28. The average Bonchev–Trinajstić information content (AvgIpc) is 3.17. The van der Waals surface area contributed by atoms with Crippen LogP contribution in [0.1, 0.15) is 41.0 Å². The monoisotopic (exact) mass is 370 g/mol. The molecule has 2 aromatic rings. The number of carbonyl (C=O) groups is 3. The molecular weight excluding hydrogens is 352 g/mol. The lowest BCUT2D eigenvalue weighted by Gasteiger charge is -2.19. The fourth-order valence-electron chi connectivity index (χ4n) is 3.70. The number of anilines is 2. The first kappa shape index (κ1) is 16.8. The molecule has 0 bridgehead atoms. The molecular formula is C18H18N4O3S. The van der Waals surface area contributed by atoms with E-state index in [0.717, 1.165) is 30.7 Å². The summed E-state index contributed by atoms with van der Waals surface area (Å²) in [4.78, 5) is 38.8. The summed E-state index contributed by atoms with van der Waals surface area (Å²) in [6.07, 6.45) is 3.57. The molecule has 2 fully saturated rings. The molecule has 2 heterocycles. The summed E-state index contributed by atoms with van der Waals surface area (Å²) >= 11 is 1.29. The number of amides is 3. The molecule has 1 aromatic heterocycles. The lowest BCUT2D eigenvalue weighted by molar-refractivity contribution is -0.122. The van der Waals surface area contributed by atoms with E-state index in [1.54, 1.807) is 24.3 Å². The van der Waals surface area contributed by atoms with Gasteiger partial charge in [0.05, 0.1) is 17.5 Å². The van der Waals surface area contributed by atoms with Crippen LogP contribution in [0.2, 0.25) is 0 Å². The third-order valence-corrected chi connectivity index (χ3v) is 5.73. The molecule has 2 aliphatic rings. The SMILES string of the molecule is Cc1nnc(NC(=O)c2ccc(N3C(=O)C4CCCCC4C3=O)cc2)s1. The first-order valence-corrected chi connectivity index (χ1v) is 9.45. The van der Waals surface area contributed by atoms with Gasteiger partial charge in [-0.05, 0) is 44.0 Å². The number of aromatic nitrogens is 2. The Bertz CT molecular complexity index is 853. The third kappa shape index (κ3) is 2.90. The van der Waals surface area contributed by atoms with Crippen molar-refractivity contribution in [2.75, 3.05) is 10.2 Å². The molecule has 2 atom stereocenters. The van der Waals surface area contributed by atoms with Gasteiger partial charge in [-0.25, -0.2) is 0 Å². The van der Waals surface area contributed by atoms with E-state index in [9.17, 15) is 14.4 Å². The molecule has 3 amide bonds. The number of imide groups is 1. The van der Waals surface area contributed by atoms with Crippen LogP contribution in [0.25, 0.3) is 0 Å². The van der Waals surface area contributed by atoms with Gasteiger partial charge in [-0.3, -0.25) is 24.6 Å². The van der Waals surface area contributed by atoms with Gasteiger partial charge in [-0.2, -0.15) is 0 Å². The van der Waals surface area contributed by atoms with Crippen molar-refractivity contribution in [2.24, 2.45) is 11.8 Å². The van der Waals surface area contributed by atoms with Crippen LogP contribution in [0, 0.1) is 18.8 Å². The summed E-state index contributed by atoms with van der Waals surface area (Å²) in [7, 11) is 0. The Morgan fingerprint density at radius 1 is 1.08 bits per heavy atom. The van der Waals surface area contributed by atoms with Gasteiger partial charge in [0.25, 0.3) is 5.91 Å². The number of benzene rings is 1. The Morgan fingerprint density at radius 2 is 1.69 bits per heavy atom. The molecule has 1 saturated carbocycles. The summed E-state index contributed by atoms with van der Waals surface area (Å²) in [6, 6.07) is 6.52. The largest absolute Gasteiger partial charge is 0.296 e. The smallest absolute Gasteiger partial charge is 0.257 e. The molecule has 26 heavy (non-hydrogen) atoms. The normalized spacial score (nSPS) is 22.4. The van der Waals surface area contributed by atoms with Crippen molar-refractivity contribution in [3.63, 3.8) is 0 Å². The first-order chi connectivity index (χ1) is 12.5. The maximum absolute atomic E-state index is 12.6. The maximum atomic E-state index is 12.6. The minimum atomic E-state index is -0.305. The molecule has 1 N–H and O–H groups in total. The topological polar surface area (TPSA) is 92.3 Å². The van der Waals surface area contributed by atoms with Crippen LogP contribution in [-0.4, -0.2) is 27.9 Å². The van der Waals surface area contributed by atoms with Crippen LogP contribution in [0.3, 0.4) is 0 Å². The third-order valence-electron chi connectivity index (χ3n) is 4.98. The van der Waals surface area contributed by atoms with Gasteiger partial charge in [0.15, 0.2) is 0 Å². The average molecular weight is 370 g/mol. The number of nitrogens with zero attached hydrogens (tertiary/aromatic N) is 3. The van der Waals surface area contributed by atoms with E-state index in [4.69, 9.17) is 0 Å². The van der Waals surface area contributed by atoms with E-state index < -0.39 is 0 Å². The summed E-state index contributed by atoms with van der Waals surface area (Å²) < 4.78 is 0. The fraction of sp³-hybridized carbons (Fsp3) is 0.389. The first-order valence-electron chi connectivity index (χ1n) is 8.64. The highest BCUT2D eigenvalue weighted by atomic mass is 32.1. The van der Waals surface area contributed by atoms with Crippen molar-refractivity contribution in [1.82, 2.24) is 10.2 Å². The highest BCUT2D eigenvalue weighted by molar-refractivity contribution is 7.15. The molecule has 2 unspecified atom stereocenters. The molecule has 134 valence electrons. The number of hydrogen-bond donors (Lipinski definition) is 1. The Balaban J connectivity index is 1.51. The van der Waals surface area contributed by atoms with Crippen molar-refractivity contribution in [2.45, 2.75) is 32.6 Å². The van der Waals surface area contributed by atoms with Gasteiger partial charge >= 0.3 is 0 Å². The van der Waals surface area contributed by atoms with Gasteiger partial charge in [0, 0.05) is 5.56 Å². The molecule has 1 aliphatic carbocycles. The maximum Gasteiger partial charge on any atom is 0.257 e. The number of fused-ring (bicyclic) bond motifs is 1. The zero-order chi connectivity index (χ0) is 18.3. The summed E-state index contributed by atoms with van der Waals surface area (Å²) in [5, 5.41) is 11.6. The lowest BCUT2D eigenvalue weighted by Crippen LogP contribution is -2.30. The quantitative estimate of drug-likeness (QED) is 0.839. The molecule has 8 heteroatoms. The molecule has 0 radical (unpaired) electrons. The number of aryl methyl sites for hydroxylation is 1. The van der Waals surface area contributed by atoms with Gasteiger partial charge < -0.3 is 0 Å². The minimum absolute atomic E-state index is 0.110. The van der Waals surface area contributed by atoms with Gasteiger partial charge in [0.1, 0.15) is 5.01 Å². The van der Waals surface area contributed by atoms with Crippen molar-refractivity contribution < 1.29 is 14.4 Å². The van der Waals surface area contributed by atoms with E-state index in [1.165, 1.54) is 16.2 Å². The molecule has 1 aromatic carbocycles. The van der Waals surface area contributed by atoms with Crippen LogP contribution >= 0.6 is 11.3 Å². The van der Waals surface area contributed by atoms with Gasteiger partial charge in [0.2, 0.25) is 16.9 Å². The van der Waals surface area contributed by atoms with Crippen molar-refractivity contribution in [3.05, 3.63) is 34.8 Å². The predicted octanol–water partition coefficient (Wildman–Crippen LogP) is 2.78. The zero-order valence-electron chi connectivity index (χ0n) is 14.3. The fourth-order valence-corrected chi connectivity index (χ4v) is 4.28. The second-order valence-corrected chi connectivity index (χ2v) is 7.82. The zero-order valence-corrected chi connectivity index (χ0v) is 15.1. The van der Waals surface area contributed by atoms with Crippen LogP contribution in [0.5, 0.6) is 0 Å². The van der Waals surface area contributed by atoms with E-state index in [1.807, 2.05) is 6.92 Å². The summed E-state index contributed by atoms with van der Waals surface area (Å²) in [6.45, 7) is 1.81. The van der Waals surface area contributed by atoms with Crippen LogP contribution in [-0.2, 0) is 9.59 Å². The standard InChI is InChI=1S/C18H18N4O3S/c1-10-20-21-18(26-10)19-15(23)11-6-8-12(9-7-11)22-16(24)13-4-2-3-5-14(13)17(22)25/h6-9,13-14H,2-5H2,1H3,(H,19,21,23). The van der Waals surface area contributed by atoms with E-state index in [2.05, 4.69) is 15.5 Å². The second-order valence-electron chi connectivity index (χ2n) is 6.64. The van der Waals surface area contributed by atoms with Crippen LogP contribution in [0.4, 0.5) is 10.8 Å². The van der Waals surface area contributed by atoms with E-state index in [0.29, 0.717) is 16.4 Å². The van der Waals surface area contributed by atoms with Crippen molar-refractivity contribution in [1.29, 1.82) is 0 Å². The highest BCUT2D eigenvalue weighted by Crippen LogP contribution is 2.40. The molecule has 0 spiro atoms. The number of hydrogen-bond acceptors (Lipinski definition) is 6. The second kappa shape index (κ2) is 6.60. The van der Waals surface area contributed by atoms with E-state index in [-0.39, 0.29) is 29.6 Å². The number of nitrogens with one attached hydrogen (secondary N) is 1. The molecule has 1 saturated heterocycles. The molecule has 4 rings (SSSR count). The summed E-state index contributed by atoms with van der Waals surface area (Å²) in [5.41, 5.74) is 0.954. The highest BCUT2D eigenvalue weighted by Gasteiger charge is 2.48. The van der Waals surface area contributed by atoms with Crippen LogP contribution < -0.4 is 10.2 Å². The van der Waals surface area contributed by atoms with E-state index >= 15 is 0 Å². The van der Waals surface area contributed by atoms with Crippen molar-refractivity contribution >= 4 is 39.9 Å². The number of carbonyl (C=O) groups excluding carboxylic acids is 3. The lowest BCUT2D eigenvalue weighted by atomic mass is 9.81. The summed E-state index contributed by atoms with van der Waals surface area (Å²) in [5.74, 6) is -0.886. The van der Waals surface area contributed by atoms with Gasteiger partial charge in [-0.1, -0.05) is 24.2 Å².